The van der Waals surface area contributed by atoms with Gasteiger partial charge in [-0.05, 0) is 12.1 Å². The molecule has 0 aromatic carbocycles. The van der Waals surface area contributed by atoms with Crippen LogP contribution in [0.3, 0.4) is 0 Å². The number of imidazole rings is 1. The van der Waals surface area contributed by atoms with Crippen molar-refractivity contribution < 1.29 is 4.42 Å². The summed E-state index contributed by atoms with van der Waals surface area (Å²) in [6.45, 7) is 0.500. The average molecular weight is 239 g/mol. The minimum Gasteiger partial charge on any atom is -0.467 e. The van der Waals surface area contributed by atoms with E-state index in [1.807, 2.05) is 12.1 Å². The van der Waals surface area contributed by atoms with Crippen molar-refractivity contribution in [2.45, 2.75) is 6.54 Å². The fourth-order valence-electron chi connectivity index (χ4n) is 1.75. The molecule has 3 heterocycles. The third-order valence-electron chi connectivity index (χ3n) is 2.59. The smallest absolute Gasteiger partial charge is 0.179 e. The predicted molar refractivity (Wildman–Crippen MR) is 64.6 cm³/mol. The van der Waals surface area contributed by atoms with Gasteiger partial charge < -0.3 is 14.7 Å². The van der Waals surface area contributed by atoms with Crippen molar-refractivity contribution >= 4 is 16.9 Å². The van der Waals surface area contributed by atoms with E-state index >= 15 is 0 Å². The number of nitriles is 1. The molecular formula is C12H9N5O. The number of aromatic nitrogens is 3. The zero-order valence-corrected chi connectivity index (χ0v) is 9.34. The second-order valence-electron chi connectivity index (χ2n) is 3.69. The summed E-state index contributed by atoms with van der Waals surface area (Å²) in [7, 11) is 0. The van der Waals surface area contributed by atoms with Gasteiger partial charge in [-0.25, -0.2) is 9.97 Å². The van der Waals surface area contributed by atoms with Gasteiger partial charge in [0.05, 0.1) is 30.4 Å². The number of anilines is 1. The summed E-state index contributed by atoms with van der Waals surface area (Å²) in [6, 6.07) is 5.79. The van der Waals surface area contributed by atoms with Gasteiger partial charge >= 0.3 is 0 Å². The highest BCUT2D eigenvalue weighted by molar-refractivity contribution is 5.88. The van der Waals surface area contributed by atoms with Crippen molar-refractivity contribution in [2.75, 3.05) is 5.32 Å². The van der Waals surface area contributed by atoms with Crippen LogP contribution >= 0.6 is 0 Å². The number of furan rings is 1. The first-order chi connectivity index (χ1) is 8.88. The molecule has 3 aromatic heterocycles. The van der Waals surface area contributed by atoms with E-state index in [0.717, 1.165) is 11.3 Å². The van der Waals surface area contributed by atoms with E-state index in [1.165, 1.54) is 6.20 Å². The minimum atomic E-state index is 0.471. The van der Waals surface area contributed by atoms with E-state index in [2.05, 4.69) is 26.3 Å². The average Bonchev–Trinajstić information content (AvgIpc) is 3.06. The molecule has 0 aliphatic carbocycles. The fraction of sp³-hybridized carbons (Fsp3) is 0.0833. The molecule has 0 saturated heterocycles. The van der Waals surface area contributed by atoms with Gasteiger partial charge in [0, 0.05) is 6.20 Å². The van der Waals surface area contributed by atoms with Crippen LogP contribution in [0.2, 0.25) is 0 Å². The molecule has 0 unspecified atom stereocenters. The maximum Gasteiger partial charge on any atom is 0.179 e. The molecular weight excluding hydrogens is 230 g/mol. The Hall–Kier alpha value is -2.81. The molecule has 0 atom stereocenters. The summed E-state index contributed by atoms with van der Waals surface area (Å²) in [4.78, 5) is 11.1. The number of rotatable bonds is 3. The van der Waals surface area contributed by atoms with Crippen LogP contribution in [0.15, 0.2) is 35.3 Å². The van der Waals surface area contributed by atoms with E-state index in [1.54, 1.807) is 12.6 Å². The molecule has 0 saturated carbocycles. The molecule has 2 N–H and O–H groups in total. The zero-order valence-electron chi connectivity index (χ0n) is 9.34. The number of hydrogen-bond acceptors (Lipinski definition) is 5. The summed E-state index contributed by atoms with van der Waals surface area (Å²) in [6.07, 6.45) is 4.67. The lowest BCUT2D eigenvalue weighted by Gasteiger charge is -2.07. The first-order valence-corrected chi connectivity index (χ1v) is 5.37. The van der Waals surface area contributed by atoms with Gasteiger partial charge in [-0.1, -0.05) is 0 Å². The monoisotopic (exact) mass is 239 g/mol. The van der Waals surface area contributed by atoms with Crippen LogP contribution in [0.1, 0.15) is 11.3 Å². The predicted octanol–water partition coefficient (Wildman–Crippen LogP) is 2.03. The molecule has 3 rings (SSSR count). The van der Waals surface area contributed by atoms with Crippen LogP contribution in [0, 0.1) is 11.3 Å². The highest BCUT2D eigenvalue weighted by atomic mass is 16.3. The van der Waals surface area contributed by atoms with Crippen LogP contribution in [-0.2, 0) is 6.54 Å². The molecule has 0 aliphatic heterocycles. The lowest BCUT2D eigenvalue weighted by Crippen LogP contribution is -2.02. The molecule has 3 aromatic rings. The van der Waals surface area contributed by atoms with Crippen LogP contribution in [-0.4, -0.2) is 15.0 Å². The molecule has 0 amide bonds. The minimum absolute atomic E-state index is 0.471. The number of hydrogen-bond donors (Lipinski definition) is 2. The Labute approximate surface area is 102 Å². The van der Waals surface area contributed by atoms with Gasteiger partial charge in [0.2, 0.25) is 0 Å². The number of aromatic amines is 1. The molecule has 0 spiro atoms. The third kappa shape index (κ3) is 1.68. The number of pyridine rings is 1. The molecule has 18 heavy (non-hydrogen) atoms. The lowest BCUT2D eigenvalue weighted by molar-refractivity contribution is 0.518. The van der Waals surface area contributed by atoms with E-state index in [9.17, 15) is 0 Å². The largest absolute Gasteiger partial charge is 0.467 e. The van der Waals surface area contributed by atoms with Crippen molar-refractivity contribution in [3.05, 3.63) is 42.2 Å². The SMILES string of the molecule is N#Cc1cnc2nc[nH]c2c1NCc1ccco1. The molecule has 0 radical (unpaired) electrons. The summed E-state index contributed by atoms with van der Waals surface area (Å²) in [5, 5.41) is 12.3. The maximum absolute atomic E-state index is 9.08. The van der Waals surface area contributed by atoms with Gasteiger partial charge in [-0.3, -0.25) is 0 Å². The number of nitrogens with one attached hydrogen (secondary N) is 2. The standard InChI is InChI=1S/C12H9N5O/c13-4-8-5-15-12-11(16-7-17-12)10(8)14-6-9-2-1-3-18-9/h1-3,5,7H,6H2,(H2,14,15,16,17). The van der Waals surface area contributed by atoms with E-state index in [4.69, 9.17) is 9.68 Å². The fourth-order valence-corrected chi connectivity index (χ4v) is 1.75. The molecule has 0 bridgehead atoms. The summed E-state index contributed by atoms with van der Waals surface area (Å²) >= 11 is 0. The Morgan fingerprint density at radius 2 is 2.39 bits per heavy atom. The molecule has 6 heteroatoms. The summed E-state index contributed by atoms with van der Waals surface area (Å²) < 4.78 is 5.24. The Morgan fingerprint density at radius 1 is 1.44 bits per heavy atom. The summed E-state index contributed by atoms with van der Waals surface area (Å²) in [5.74, 6) is 0.795. The number of H-pyrrole nitrogens is 1. The second-order valence-corrected chi connectivity index (χ2v) is 3.69. The van der Waals surface area contributed by atoms with Crippen molar-refractivity contribution in [2.24, 2.45) is 0 Å². The zero-order chi connectivity index (χ0) is 12.4. The first kappa shape index (κ1) is 10.4. The maximum atomic E-state index is 9.08. The van der Waals surface area contributed by atoms with Crippen molar-refractivity contribution in [1.29, 1.82) is 5.26 Å². The van der Waals surface area contributed by atoms with Gasteiger partial charge in [-0.15, -0.1) is 0 Å². The Balaban J connectivity index is 1.98. The number of nitrogens with zero attached hydrogens (tertiary/aromatic N) is 3. The highest BCUT2D eigenvalue weighted by Gasteiger charge is 2.10. The Bertz CT molecular complexity index is 708. The van der Waals surface area contributed by atoms with Crippen LogP contribution in [0.4, 0.5) is 5.69 Å². The number of fused-ring (bicyclic) bond motifs is 1. The normalized spacial score (nSPS) is 10.4. The van der Waals surface area contributed by atoms with Gasteiger partial charge in [-0.2, -0.15) is 5.26 Å². The Kier molecular flexibility index (Phi) is 2.43. The quantitative estimate of drug-likeness (QED) is 0.729. The van der Waals surface area contributed by atoms with Gasteiger partial charge in [0.1, 0.15) is 17.3 Å². The highest BCUT2D eigenvalue weighted by Crippen LogP contribution is 2.23. The van der Waals surface area contributed by atoms with Gasteiger partial charge in [0.25, 0.3) is 0 Å². The molecule has 88 valence electrons. The second kappa shape index (κ2) is 4.22. The first-order valence-electron chi connectivity index (χ1n) is 5.37. The van der Waals surface area contributed by atoms with Crippen LogP contribution in [0.25, 0.3) is 11.2 Å². The van der Waals surface area contributed by atoms with Crippen LogP contribution in [0.5, 0.6) is 0 Å². The molecule has 0 aliphatic rings. The van der Waals surface area contributed by atoms with Crippen LogP contribution < -0.4 is 5.32 Å². The molecule has 0 fully saturated rings. The Morgan fingerprint density at radius 3 is 3.17 bits per heavy atom. The molecule has 6 nitrogen and oxygen atoms in total. The van der Waals surface area contributed by atoms with E-state index in [0.29, 0.717) is 23.4 Å². The van der Waals surface area contributed by atoms with Crippen molar-refractivity contribution in [1.82, 2.24) is 15.0 Å². The third-order valence-corrected chi connectivity index (χ3v) is 2.59. The van der Waals surface area contributed by atoms with Gasteiger partial charge in [0.15, 0.2) is 5.65 Å². The topological polar surface area (TPSA) is 90.5 Å². The lowest BCUT2D eigenvalue weighted by atomic mass is 10.2. The van der Waals surface area contributed by atoms with Crippen molar-refractivity contribution in [3.63, 3.8) is 0 Å². The summed E-state index contributed by atoms with van der Waals surface area (Å²) in [5.41, 5.74) is 2.46. The van der Waals surface area contributed by atoms with E-state index in [-0.39, 0.29) is 0 Å². The van der Waals surface area contributed by atoms with Crippen molar-refractivity contribution in [3.8, 4) is 6.07 Å². The van der Waals surface area contributed by atoms with E-state index < -0.39 is 0 Å².